The quantitative estimate of drug-likeness (QED) is 0.815. The van der Waals surface area contributed by atoms with Crippen LogP contribution in [0.4, 0.5) is 0 Å². The molecule has 98 valence electrons. The first-order valence-electron chi connectivity index (χ1n) is 6.85. The molecule has 0 spiro atoms. The number of hydrogen-bond acceptors (Lipinski definition) is 2. The van der Waals surface area contributed by atoms with E-state index in [1.165, 1.54) is 16.7 Å². The lowest BCUT2D eigenvalue weighted by Crippen LogP contribution is -2.37. The van der Waals surface area contributed by atoms with Crippen molar-refractivity contribution >= 4 is 5.78 Å². The van der Waals surface area contributed by atoms with Gasteiger partial charge in [-0.25, -0.2) is 0 Å². The minimum atomic E-state index is 0.255. The fourth-order valence-electron chi connectivity index (χ4n) is 2.69. The van der Waals surface area contributed by atoms with E-state index in [-0.39, 0.29) is 5.92 Å². The molecule has 1 unspecified atom stereocenters. The minimum absolute atomic E-state index is 0.255. The van der Waals surface area contributed by atoms with Crippen LogP contribution in [-0.4, -0.2) is 23.8 Å². The largest absolute Gasteiger partial charge is 0.300 e. The van der Waals surface area contributed by atoms with Crippen molar-refractivity contribution in [1.82, 2.24) is 4.90 Å². The van der Waals surface area contributed by atoms with Gasteiger partial charge in [-0.05, 0) is 56.8 Å². The second kappa shape index (κ2) is 5.66. The van der Waals surface area contributed by atoms with E-state index in [0.717, 1.165) is 32.5 Å². The SMILES string of the molecule is CC(=O)C1CCCN(Cc2ccc(C)c(C)c2)C1. The topological polar surface area (TPSA) is 20.3 Å². The standard InChI is InChI=1S/C16H23NO/c1-12-6-7-15(9-13(12)2)10-17-8-4-5-16(11-17)14(3)18/h6-7,9,16H,4-5,8,10-11H2,1-3H3. The highest BCUT2D eigenvalue weighted by atomic mass is 16.1. The first-order valence-corrected chi connectivity index (χ1v) is 6.85. The summed E-state index contributed by atoms with van der Waals surface area (Å²) in [4.78, 5) is 13.9. The van der Waals surface area contributed by atoms with E-state index < -0.39 is 0 Å². The van der Waals surface area contributed by atoms with Crippen LogP contribution in [0.15, 0.2) is 18.2 Å². The molecular formula is C16H23NO. The molecule has 1 aromatic carbocycles. The van der Waals surface area contributed by atoms with Crippen molar-refractivity contribution in [1.29, 1.82) is 0 Å². The van der Waals surface area contributed by atoms with Crippen molar-refractivity contribution in [2.45, 2.75) is 40.2 Å². The summed E-state index contributed by atoms with van der Waals surface area (Å²) < 4.78 is 0. The predicted octanol–water partition coefficient (Wildman–Crippen LogP) is 3.10. The molecule has 1 fully saturated rings. The Labute approximate surface area is 110 Å². The first-order chi connectivity index (χ1) is 8.56. The van der Waals surface area contributed by atoms with E-state index in [4.69, 9.17) is 0 Å². The van der Waals surface area contributed by atoms with E-state index in [1.54, 1.807) is 6.92 Å². The van der Waals surface area contributed by atoms with Gasteiger partial charge in [-0.1, -0.05) is 18.2 Å². The van der Waals surface area contributed by atoms with Crippen molar-refractivity contribution in [2.24, 2.45) is 5.92 Å². The third-order valence-electron chi connectivity index (χ3n) is 4.06. The molecule has 1 atom stereocenters. The number of hydrogen-bond donors (Lipinski definition) is 0. The average Bonchev–Trinajstić information content (AvgIpc) is 2.34. The summed E-state index contributed by atoms with van der Waals surface area (Å²) in [5, 5.41) is 0. The third kappa shape index (κ3) is 3.20. The maximum absolute atomic E-state index is 11.5. The molecule has 18 heavy (non-hydrogen) atoms. The average molecular weight is 245 g/mol. The number of carbonyl (C=O) groups is 1. The molecule has 1 aromatic rings. The number of aryl methyl sites for hydroxylation is 2. The lowest BCUT2D eigenvalue weighted by molar-refractivity contribution is -0.122. The van der Waals surface area contributed by atoms with Gasteiger partial charge in [-0.3, -0.25) is 9.69 Å². The van der Waals surface area contributed by atoms with Gasteiger partial charge in [0.05, 0.1) is 0 Å². The molecule has 0 bridgehead atoms. The molecule has 0 saturated carbocycles. The zero-order valence-corrected chi connectivity index (χ0v) is 11.7. The molecule has 2 nitrogen and oxygen atoms in total. The molecule has 2 heteroatoms. The summed E-state index contributed by atoms with van der Waals surface area (Å²) in [6.45, 7) is 9.06. The third-order valence-corrected chi connectivity index (χ3v) is 4.06. The highest BCUT2D eigenvalue weighted by Gasteiger charge is 2.22. The van der Waals surface area contributed by atoms with Gasteiger partial charge in [0.25, 0.3) is 0 Å². The molecule has 1 saturated heterocycles. The summed E-state index contributed by atoms with van der Waals surface area (Å²) in [7, 11) is 0. The monoisotopic (exact) mass is 245 g/mol. The Balaban J connectivity index is 2.00. The molecule has 2 rings (SSSR count). The summed E-state index contributed by atoms with van der Waals surface area (Å²) in [6.07, 6.45) is 2.22. The molecule has 0 radical (unpaired) electrons. The van der Waals surface area contributed by atoms with Gasteiger partial charge in [0.1, 0.15) is 5.78 Å². The maximum Gasteiger partial charge on any atom is 0.134 e. The number of ketones is 1. The van der Waals surface area contributed by atoms with Crippen LogP contribution in [0.5, 0.6) is 0 Å². The van der Waals surface area contributed by atoms with Gasteiger partial charge in [-0.15, -0.1) is 0 Å². The van der Waals surface area contributed by atoms with Gasteiger partial charge in [0.2, 0.25) is 0 Å². The zero-order valence-electron chi connectivity index (χ0n) is 11.7. The van der Waals surface area contributed by atoms with Crippen molar-refractivity contribution in [2.75, 3.05) is 13.1 Å². The minimum Gasteiger partial charge on any atom is -0.300 e. The fraction of sp³-hybridized carbons (Fsp3) is 0.562. The molecule has 0 N–H and O–H groups in total. The Hall–Kier alpha value is -1.15. The van der Waals surface area contributed by atoms with Crippen LogP contribution in [0.2, 0.25) is 0 Å². The number of piperidine rings is 1. The Bertz CT molecular complexity index is 439. The van der Waals surface area contributed by atoms with E-state index >= 15 is 0 Å². The van der Waals surface area contributed by atoms with Crippen LogP contribution in [0.25, 0.3) is 0 Å². The van der Waals surface area contributed by atoms with Crippen LogP contribution in [0.1, 0.15) is 36.5 Å². The van der Waals surface area contributed by atoms with Crippen LogP contribution in [0, 0.1) is 19.8 Å². The summed E-state index contributed by atoms with van der Waals surface area (Å²) >= 11 is 0. The Morgan fingerprint density at radius 3 is 2.78 bits per heavy atom. The zero-order chi connectivity index (χ0) is 13.1. The van der Waals surface area contributed by atoms with Gasteiger partial charge in [0.15, 0.2) is 0 Å². The summed E-state index contributed by atoms with van der Waals surface area (Å²) in [5.74, 6) is 0.602. The first kappa shape index (κ1) is 13.3. The van der Waals surface area contributed by atoms with E-state index in [0.29, 0.717) is 5.78 Å². The van der Waals surface area contributed by atoms with Crippen molar-refractivity contribution < 1.29 is 4.79 Å². The molecular weight excluding hydrogens is 222 g/mol. The van der Waals surface area contributed by atoms with Crippen molar-refractivity contribution in [3.63, 3.8) is 0 Å². The number of nitrogens with zero attached hydrogens (tertiary/aromatic N) is 1. The summed E-state index contributed by atoms with van der Waals surface area (Å²) in [6, 6.07) is 6.67. The maximum atomic E-state index is 11.5. The second-order valence-corrected chi connectivity index (χ2v) is 5.60. The highest BCUT2D eigenvalue weighted by molar-refractivity contribution is 5.78. The Morgan fingerprint density at radius 2 is 2.11 bits per heavy atom. The Kier molecular flexibility index (Phi) is 4.18. The van der Waals surface area contributed by atoms with Crippen LogP contribution in [0.3, 0.4) is 0 Å². The van der Waals surface area contributed by atoms with Gasteiger partial charge in [-0.2, -0.15) is 0 Å². The predicted molar refractivity (Wildman–Crippen MR) is 74.6 cm³/mol. The number of likely N-dealkylation sites (tertiary alicyclic amines) is 1. The van der Waals surface area contributed by atoms with Crippen LogP contribution in [-0.2, 0) is 11.3 Å². The van der Waals surface area contributed by atoms with Gasteiger partial charge in [0, 0.05) is 19.0 Å². The van der Waals surface area contributed by atoms with Gasteiger partial charge >= 0.3 is 0 Å². The molecule has 1 heterocycles. The molecule has 1 aliphatic rings. The van der Waals surface area contributed by atoms with Crippen molar-refractivity contribution in [3.8, 4) is 0 Å². The Morgan fingerprint density at radius 1 is 1.33 bits per heavy atom. The van der Waals surface area contributed by atoms with E-state index in [2.05, 4.69) is 36.9 Å². The smallest absolute Gasteiger partial charge is 0.134 e. The lowest BCUT2D eigenvalue weighted by atomic mass is 9.94. The van der Waals surface area contributed by atoms with Crippen LogP contribution >= 0.6 is 0 Å². The second-order valence-electron chi connectivity index (χ2n) is 5.60. The van der Waals surface area contributed by atoms with E-state index in [1.807, 2.05) is 0 Å². The lowest BCUT2D eigenvalue weighted by Gasteiger charge is -2.31. The summed E-state index contributed by atoms with van der Waals surface area (Å²) in [5.41, 5.74) is 4.06. The molecule has 1 aliphatic heterocycles. The number of Topliss-reactive ketones (excluding diaryl/α,β-unsaturated/α-hetero) is 1. The normalized spacial score (nSPS) is 20.9. The van der Waals surface area contributed by atoms with Crippen molar-refractivity contribution in [3.05, 3.63) is 34.9 Å². The number of benzene rings is 1. The van der Waals surface area contributed by atoms with Crippen LogP contribution < -0.4 is 0 Å². The van der Waals surface area contributed by atoms with E-state index in [9.17, 15) is 4.79 Å². The number of carbonyl (C=O) groups excluding carboxylic acids is 1. The van der Waals surface area contributed by atoms with Gasteiger partial charge < -0.3 is 0 Å². The number of rotatable bonds is 3. The molecule has 0 aromatic heterocycles. The molecule has 0 amide bonds. The fourth-order valence-corrected chi connectivity index (χ4v) is 2.69. The highest BCUT2D eigenvalue weighted by Crippen LogP contribution is 2.20. The molecule has 0 aliphatic carbocycles.